The second-order valence-corrected chi connectivity index (χ2v) is 5.01. The number of hydrogen-bond acceptors (Lipinski definition) is 5. The molecule has 2 heterocycles. The minimum atomic E-state index is -0.230. The summed E-state index contributed by atoms with van der Waals surface area (Å²) in [5, 5.41) is 19.4. The van der Waals surface area contributed by atoms with E-state index in [-0.39, 0.29) is 17.9 Å². The molecule has 100 valence electrons. The molecule has 0 spiro atoms. The molecule has 0 aromatic carbocycles. The number of nitrogens with one attached hydrogen (secondary N) is 1. The Kier molecular flexibility index (Phi) is 3.95. The van der Waals surface area contributed by atoms with Crippen molar-refractivity contribution < 1.29 is 4.79 Å². The van der Waals surface area contributed by atoms with Crippen LogP contribution in [0, 0.1) is 11.3 Å². The lowest BCUT2D eigenvalue weighted by atomic mass is 9.89. The Labute approximate surface area is 112 Å². The SMILES string of the molecule is CC1(NC(=O)CC#N)CCN(c2cccnn2)CC1. The van der Waals surface area contributed by atoms with E-state index in [1.54, 1.807) is 6.20 Å². The van der Waals surface area contributed by atoms with Gasteiger partial charge < -0.3 is 10.2 Å². The van der Waals surface area contributed by atoms with Gasteiger partial charge in [0.15, 0.2) is 5.82 Å². The predicted octanol–water partition coefficient (Wildman–Crippen LogP) is 0.865. The van der Waals surface area contributed by atoms with E-state index < -0.39 is 0 Å². The van der Waals surface area contributed by atoms with Crippen LogP contribution in [0.1, 0.15) is 26.2 Å². The van der Waals surface area contributed by atoms with E-state index in [2.05, 4.69) is 20.4 Å². The topological polar surface area (TPSA) is 81.9 Å². The summed E-state index contributed by atoms with van der Waals surface area (Å²) in [6.45, 7) is 3.67. The van der Waals surface area contributed by atoms with Crippen LogP contribution in [-0.4, -0.2) is 34.7 Å². The molecule has 2 rings (SSSR count). The first-order chi connectivity index (χ1) is 9.13. The highest BCUT2D eigenvalue weighted by Crippen LogP contribution is 2.24. The highest BCUT2D eigenvalue weighted by molar-refractivity contribution is 5.78. The lowest BCUT2D eigenvalue weighted by Crippen LogP contribution is -2.53. The third-order valence-electron chi connectivity index (χ3n) is 3.43. The Morgan fingerprint density at radius 2 is 2.32 bits per heavy atom. The van der Waals surface area contributed by atoms with Crippen molar-refractivity contribution in [3.8, 4) is 6.07 Å². The number of rotatable bonds is 3. The zero-order chi connectivity index (χ0) is 13.7. The molecule has 6 heteroatoms. The van der Waals surface area contributed by atoms with Crippen molar-refractivity contribution in [3.05, 3.63) is 18.3 Å². The van der Waals surface area contributed by atoms with Crippen LogP contribution in [0.2, 0.25) is 0 Å². The van der Waals surface area contributed by atoms with Gasteiger partial charge in [0.05, 0.1) is 6.07 Å². The number of anilines is 1. The van der Waals surface area contributed by atoms with Gasteiger partial charge in [-0.15, -0.1) is 5.10 Å². The summed E-state index contributed by atoms with van der Waals surface area (Å²) in [6, 6.07) is 5.67. The van der Waals surface area contributed by atoms with Gasteiger partial charge >= 0.3 is 0 Å². The van der Waals surface area contributed by atoms with E-state index >= 15 is 0 Å². The summed E-state index contributed by atoms with van der Waals surface area (Å²) in [5.41, 5.74) is -0.230. The molecule has 1 saturated heterocycles. The lowest BCUT2D eigenvalue weighted by molar-refractivity contribution is -0.122. The monoisotopic (exact) mass is 259 g/mol. The van der Waals surface area contributed by atoms with E-state index in [1.165, 1.54) is 0 Å². The summed E-state index contributed by atoms with van der Waals surface area (Å²) < 4.78 is 0. The van der Waals surface area contributed by atoms with Crippen molar-refractivity contribution in [2.75, 3.05) is 18.0 Å². The maximum absolute atomic E-state index is 11.5. The van der Waals surface area contributed by atoms with Gasteiger partial charge in [-0.2, -0.15) is 10.4 Å². The van der Waals surface area contributed by atoms with Crippen molar-refractivity contribution >= 4 is 11.7 Å². The maximum atomic E-state index is 11.5. The zero-order valence-corrected chi connectivity index (χ0v) is 11.0. The number of hydrogen-bond donors (Lipinski definition) is 1. The molecule has 1 amide bonds. The Morgan fingerprint density at radius 1 is 1.58 bits per heavy atom. The largest absolute Gasteiger partial charge is 0.355 e. The number of nitrogens with zero attached hydrogens (tertiary/aromatic N) is 4. The van der Waals surface area contributed by atoms with Crippen molar-refractivity contribution in [2.45, 2.75) is 31.7 Å². The van der Waals surface area contributed by atoms with Crippen molar-refractivity contribution in [1.29, 1.82) is 5.26 Å². The fraction of sp³-hybridized carbons (Fsp3) is 0.538. The van der Waals surface area contributed by atoms with Gasteiger partial charge in [0.25, 0.3) is 0 Å². The van der Waals surface area contributed by atoms with Crippen LogP contribution < -0.4 is 10.2 Å². The predicted molar refractivity (Wildman–Crippen MR) is 70.3 cm³/mol. The van der Waals surface area contributed by atoms with Crippen LogP contribution in [0.4, 0.5) is 5.82 Å². The van der Waals surface area contributed by atoms with Crippen LogP contribution in [0.3, 0.4) is 0 Å². The van der Waals surface area contributed by atoms with Gasteiger partial charge in [0.2, 0.25) is 5.91 Å². The van der Waals surface area contributed by atoms with Crippen LogP contribution >= 0.6 is 0 Å². The smallest absolute Gasteiger partial charge is 0.234 e. The van der Waals surface area contributed by atoms with E-state index in [0.717, 1.165) is 31.7 Å². The number of carbonyl (C=O) groups is 1. The van der Waals surface area contributed by atoms with Gasteiger partial charge in [0.1, 0.15) is 6.42 Å². The quantitative estimate of drug-likeness (QED) is 0.870. The van der Waals surface area contributed by atoms with Gasteiger partial charge in [-0.3, -0.25) is 4.79 Å². The molecule has 1 aliphatic heterocycles. The van der Waals surface area contributed by atoms with E-state index in [0.29, 0.717) is 0 Å². The molecule has 0 aliphatic carbocycles. The summed E-state index contributed by atoms with van der Waals surface area (Å²) in [6.07, 6.45) is 3.24. The Balaban J connectivity index is 1.92. The van der Waals surface area contributed by atoms with Gasteiger partial charge in [-0.25, -0.2) is 0 Å². The minimum absolute atomic E-state index is 0.0799. The Bertz CT molecular complexity index is 474. The van der Waals surface area contributed by atoms with Gasteiger partial charge in [0, 0.05) is 24.8 Å². The Morgan fingerprint density at radius 3 is 2.89 bits per heavy atom. The standard InChI is InChI=1S/C13H17N5O/c1-13(16-12(19)4-7-14)5-9-18(10-6-13)11-3-2-8-15-17-11/h2-3,8H,4-6,9-10H2,1H3,(H,16,19). The third-order valence-corrected chi connectivity index (χ3v) is 3.43. The van der Waals surface area contributed by atoms with Crippen molar-refractivity contribution in [1.82, 2.24) is 15.5 Å². The fourth-order valence-corrected chi connectivity index (χ4v) is 2.27. The van der Waals surface area contributed by atoms with Crippen LogP contribution in [0.15, 0.2) is 18.3 Å². The second kappa shape index (κ2) is 5.65. The van der Waals surface area contributed by atoms with Gasteiger partial charge in [-0.05, 0) is 31.9 Å². The molecule has 0 atom stereocenters. The zero-order valence-electron chi connectivity index (χ0n) is 11.0. The molecule has 1 fully saturated rings. The van der Waals surface area contributed by atoms with Crippen LogP contribution in [-0.2, 0) is 4.79 Å². The molecule has 0 saturated carbocycles. The summed E-state index contributed by atoms with van der Waals surface area (Å²) in [7, 11) is 0. The first-order valence-corrected chi connectivity index (χ1v) is 6.34. The number of amides is 1. The maximum Gasteiger partial charge on any atom is 0.234 e. The molecule has 0 unspecified atom stereocenters. The average Bonchev–Trinajstić information content (AvgIpc) is 2.40. The number of nitriles is 1. The highest BCUT2D eigenvalue weighted by Gasteiger charge is 2.31. The molecule has 0 radical (unpaired) electrons. The molecule has 0 bridgehead atoms. The van der Waals surface area contributed by atoms with E-state index in [9.17, 15) is 4.79 Å². The van der Waals surface area contributed by atoms with E-state index in [1.807, 2.05) is 25.1 Å². The Hall–Kier alpha value is -2.16. The number of piperidine rings is 1. The molecule has 1 N–H and O–H groups in total. The lowest BCUT2D eigenvalue weighted by Gasteiger charge is -2.40. The number of carbonyl (C=O) groups excluding carboxylic acids is 1. The summed E-state index contributed by atoms with van der Waals surface area (Å²) in [4.78, 5) is 13.7. The molecular weight excluding hydrogens is 242 g/mol. The molecule has 1 aromatic rings. The summed E-state index contributed by atoms with van der Waals surface area (Å²) in [5.74, 6) is 0.672. The number of aromatic nitrogens is 2. The first-order valence-electron chi connectivity index (χ1n) is 6.34. The fourth-order valence-electron chi connectivity index (χ4n) is 2.27. The van der Waals surface area contributed by atoms with E-state index in [4.69, 9.17) is 5.26 Å². The van der Waals surface area contributed by atoms with Crippen LogP contribution in [0.25, 0.3) is 0 Å². The van der Waals surface area contributed by atoms with Gasteiger partial charge in [-0.1, -0.05) is 0 Å². The normalized spacial score (nSPS) is 17.6. The molecule has 19 heavy (non-hydrogen) atoms. The average molecular weight is 259 g/mol. The first kappa shape index (κ1) is 13.3. The molecule has 1 aromatic heterocycles. The molecule has 6 nitrogen and oxygen atoms in total. The minimum Gasteiger partial charge on any atom is -0.355 e. The summed E-state index contributed by atoms with van der Waals surface area (Å²) >= 11 is 0. The highest BCUT2D eigenvalue weighted by atomic mass is 16.1. The molecular formula is C13H17N5O. The van der Waals surface area contributed by atoms with Crippen molar-refractivity contribution in [3.63, 3.8) is 0 Å². The van der Waals surface area contributed by atoms with Crippen molar-refractivity contribution in [2.24, 2.45) is 0 Å². The van der Waals surface area contributed by atoms with Crippen LogP contribution in [0.5, 0.6) is 0 Å². The third kappa shape index (κ3) is 3.41. The second-order valence-electron chi connectivity index (χ2n) is 5.01. The molecule has 1 aliphatic rings.